The van der Waals surface area contributed by atoms with Crippen molar-refractivity contribution in [1.29, 1.82) is 0 Å². The van der Waals surface area contributed by atoms with Crippen LogP contribution < -0.4 is 15.0 Å². The van der Waals surface area contributed by atoms with E-state index in [0.717, 1.165) is 10.5 Å². The molecule has 1 aliphatic heterocycles. The van der Waals surface area contributed by atoms with Crippen LogP contribution in [-0.4, -0.2) is 60.4 Å². The van der Waals surface area contributed by atoms with Crippen molar-refractivity contribution in [3.63, 3.8) is 0 Å². The number of carbonyl (C=O) groups is 4. The molecule has 0 radical (unpaired) electrons. The summed E-state index contributed by atoms with van der Waals surface area (Å²) in [5.41, 5.74) is 1.76. The number of nitrogens with one attached hydrogen (secondary N) is 1. The summed E-state index contributed by atoms with van der Waals surface area (Å²) in [7, 11) is 3.01. The lowest BCUT2D eigenvalue weighted by Crippen LogP contribution is -2.57. The smallest absolute Gasteiger partial charge is 0.323 e. The van der Waals surface area contributed by atoms with Gasteiger partial charge in [0.15, 0.2) is 11.8 Å². The topological polar surface area (TPSA) is 116 Å². The summed E-state index contributed by atoms with van der Waals surface area (Å²) in [4.78, 5) is 51.7. The van der Waals surface area contributed by atoms with Crippen LogP contribution in [0.5, 0.6) is 5.75 Å². The number of urea groups is 1. The zero-order chi connectivity index (χ0) is 23.3. The third kappa shape index (κ3) is 4.77. The maximum absolute atomic E-state index is 13.1. The van der Waals surface area contributed by atoms with E-state index >= 15 is 0 Å². The Bertz CT molecular complexity index is 1070. The Labute approximate surface area is 184 Å². The third-order valence-electron chi connectivity index (χ3n) is 4.95. The molecule has 166 valence electrons. The molecule has 2 aromatic rings. The van der Waals surface area contributed by atoms with Gasteiger partial charge in [-0.2, -0.15) is 0 Å². The highest BCUT2D eigenvalue weighted by Crippen LogP contribution is 2.35. The number of ketones is 1. The van der Waals surface area contributed by atoms with E-state index in [1.54, 1.807) is 18.2 Å². The fourth-order valence-corrected chi connectivity index (χ4v) is 3.34. The van der Waals surface area contributed by atoms with Gasteiger partial charge in [-0.1, -0.05) is 30.3 Å². The predicted octanol–water partition coefficient (Wildman–Crippen LogP) is 2.28. The molecule has 0 aromatic heterocycles. The van der Waals surface area contributed by atoms with Crippen molar-refractivity contribution in [3.05, 3.63) is 60.8 Å². The number of amides is 3. The highest BCUT2D eigenvalue weighted by atomic mass is 16.5. The number of rotatable bonds is 7. The van der Waals surface area contributed by atoms with E-state index in [2.05, 4.69) is 5.32 Å². The van der Waals surface area contributed by atoms with Crippen molar-refractivity contribution in [1.82, 2.24) is 10.2 Å². The molecule has 2 N–H and O–H groups in total. The Hall–Kier alpha value is -4.14. The van der Waals surface area contributed by atoms with Gasteiger partial charge in [0.05, 0.1) is 13.5 Å². The lowest BCUT2D eigenvalue weighted by Gasteiger charge is -2.33. The minimum absolute atomic E-state index is 0.160. The highest BCUT2D eigenvalue weighted by molar-refractivity contribution is 6.19. The van der Waals surface area contributed by atoms with E-state index in [1.807, 2.05) is 30.3 Å². The standard InChI is InChI=1S/C23H23N3O6/c1-25-13-11-18(27)21(22(25)30)26(23(31)24-12-10-20(28)29)16-8-9-19(32-2)17(14-16)15-6-4-3-5-7-15/h3-9,11,13-14,21H,10,12H2,1-2H3,(H,24,31)(H,28,29)/t21-/m0/s1. The number of anilines is 1. The maximum Gasteiger partial charge on any atom is 0.323 e. The molecule has 0 saturated carbocycles. The van der Waals surface area contributed by atoms with Gasteiger partial charge < -0.3 is 20.1 Å². The van der Waals surface area contributed by atoms with E-state index in [1.165, 1.54) is 31.3 Å². The molecule has 32 heavy (non-hydrogen) atoms. The van der Waals surface area contributed by atoms with E-state index in [4.69, 9.17) is 9.84 Å². The summed E-state index contributed by atoms with van der Waals surface area (Å²) in [6.07, 6.45) is 2.26. The first-order valence-corrected chi connectivity index (χ1v) is 9.84. The number of ether oxygens (including phenoxy) is 1. The van der Waals surface area contributed by atoms with Gasteiger partial charge in [0.2, 0.25) is 0 Å². The summed E-state index contributed by atoms with van der Waals surface area (Å²) in [6, 6.07) is 12.0. The van der Waals surface area contributed by atoms with Gasteiger partial charge in [0, 0.05) is 37.1 Å². The number of benzene rings is 2. The summed E-state index contributed by atoms with van der Waals surface area (Å²) in [5, 5.41) is 11.3. The summed E-state index contributed by atoms with van der Waals surface area (Å²) >= 11 is 0. The maximum atomic E-state index is 13.1. The minimum Gasteiger partial charge on any atom is -0.496 e. The Kier molecular flexibility index (Phi) is 6.89. The number of likely N-dealkylation sites (N-methyl/N-ethyl adjacent to an activating group) is 1. The number of methoxy groups -OCH3 is 1. The zero-order valence-corrected chi connectivity index (χ0v) is 17.6. The van der Waals surface area contributed by atoms with Crippen molar-refractivity contribution in [2.24, 2.45) is 0 Å². The zero-order valence-electron chi connectivity index (χ0n) is 17.6. The van der Waals surface area contributed by atoms with Crippen molar-refractivity contribution in [3.8, 4) is 16.9 Å². The molecule has 0 bridgehead atoms. The van der Waals surface area contributed by atoms with Crippen LogP contribution >= 0.6 is 0 Å². The number of hydrogen-bond acceptors (Lipinski definition) is 5. The molecule has 2 aromatic carbocycles. The second-order valence-electron chi connectivity index (χ2n) is 7.07. The second kappa shape index (κ2) is 9.78. The van der Waals surface area contributed by atoms with Crippen LogP contribution in [0.2, 0.25) is 0 Å². The van der Waals surface area contributed by atoms with Gasteiger partial charge in [0.1, 0.15) is 5.75 Å². The van der Waals surface area contributed by atoms with Gasteiger partial charge in [-0.05, 0) is 23.8 Å². The van der Waals surface area contributed by atoms with Crippen LogP contribution in [0.15, 0.2) is 60.8 Å². The lowest BCUT2D eigenvalue weighted by atomic mass is 10.0. The summed E-state index contributed by atoms with van der Waals surface area (Å²) in [5.74, 6) is -1.67. The van der Waals surface area contributed by atoms with Gasteiger partial charge in [0.25, 0.3) is 5.91 Å². The third-order valence-corrected chi connectivity index (χ3v) is 4.95. The molecule has 0 fully saturated rings. The Morgan fingerprint density at radius 3 is 2.53 bits per heavy atom. The minimum atomic E-state index is -1.42. The average Bonchev–Trinajstić information content (AvgIpc) is 2.79. The van der Waals surface area contributed by atoms with Gasteiger partial charge in [-0.25, -0.2) is 4.79 Å². The number of nitrogens with zero attached hydrogens (tertiary/aromatic N) is 2. The van der Waals surface area contributed by atoms with Crippen LogP contribution in [0, 0.1) is 0 Å². The normalized spacial score (nSPS) is 15.4. The molecular weight excluding hydrogens is 414 g/mol. The Morgan fingerprint density at radius 2 is 1.88 bits per heavy atom. The molecule has 1 heterocycles. The molecular formula is C23H23N3O6. The van der Waals surface area contributed by atoms with Crippen molar-refractivity contribution in [2.75, 3.05) is 25.6 Å². The highest BCUT2D eigenvalue weighted by Gasteiger charge is 2.39. The first-order valence-electron chi connectivity index (χ1n) is 9.84. The van der Waals surface area contributed by atoms with Gasteiger partial charge in [-0.15, -0.1) is 0 Å². The number of carboxylic acid groups (broad SMARTS) is 1. The van der Waals surface area contributed by atoms with E-state index in [9.17, 15) is 19.2 Å². The molecule has 3 rings (SSSR count). The van der Waals surface area contributed by atoms with E-state index < -0.39 is 29.7 Å². The largest absolute Gasteiger partial charge is 0.496 e. The predicted molar refractivity (Wildman–Crippen MR) is 117 cm³/mol. The molecule has 3 amide bonds. The van der Waals surface area contributed by atoms with Crippen LogP contribution in [-0.2, 0) is 14.4 Å². The molecule has 1 aliphatic rings. The summed E-state index contributed by atoms with van der Waals surface area (Å²) in [6.45, 7) is -0.160. The molecule has 9 heteroatoms. The molecule has 0 spiro atoms. The fourth-order valence-electron chi connectivity index (χ4n) is 3.34. The first-order chi connectivity index (χ1) is 15.3. The van der Waals surface area contributed by atoms with Crippen molar-refractivity contribution in [2.45, 2.75) is 12.5 Å². The average molecular weight is 437 g/mol. The number of aliphatic carboxylic acids is 1. The van der Waals surface area contributed by atoms with Gasteiger partial charge in [-0.3, -0.25) is 19.3 Å². The van der Waals surface area contributed by atoms with Gasteiger partial charge >= 0.3 is 12.0 Å². The van der Waals surface area contributed by atoms with Crippen LogP contribution in [0.1, 0.15) is 6.42 Å². The number of hydrogen-bond donors (Lipinski definition) is 2. The quantitative estimate of drug-likeness (QED) is 0.642. The van der Waals surface area contributed by atoms with E-state index in [-0.39, 0.29) is 18.7 Å². The van der Waals surface area contributed by atoms with Crippen molar-refractivity contribution >= 4 is 29.4 Å². The van der Waals surface area contributed by atoms with Crippen molar-refractivity contribution < 1.29 is 29.0 Å². The Balaban J connectivity index is 2.08. The molecule has 0 aliphatic carbocycles. The fraction of sp³-hybridized carbons (Fsp3) is 0.217. The molecule has 9 nitrogen and oxygen atoms in total. The lowest BCUT2D eigenvalue weighted by molar-refractivity contribution is -0.137. The summed E-state index contributed by atoms with van der Waals surface area (Å²) < 4.78 is 5.45. The molecule has 0 unspecified atom stereocenters. The molecule has 0 saturated heterocycles. The molecule has 1 atom stereocenters. The van der Waals surface area contributed by atoms with Crippen LogP contribution in [0.25, 0.3) is 11.1 Å². The number of carbonyl (C=O) groups excluding carboxylic acids is 3. The Morgan fingerprint density at radius 1 is 1.16 bits per heavy atom. The van der Waals surface area contributed by atoms with E-state index in [0.29, 0.717) is 11.3 Å². The monoisotopic (exact) mass is 437 g/mol. The van der Waals surface area contributed by atoms with Crippen LogP contribution in [0.3, 0.4) is 0 Å². The first kappa shape index (κ1) is 22.5. The second-order valence-corrected chi connectivity index (χ2v) is 7.07. The number of carboxylic acids is 1. The van der Waals surface area contributed by atoms with Crippen LogP contribution in [0.4, 0.5) is 10.5 Å². The SMILES string of the molecule is COc1ccc(N(C(=O)NCCC(=O)O)[C@H]2C(=O)C=CN(C)C2=O)cc1-c1ccccc1.